The number of unbranched alkanes of at least 4 members (excludes halogenated alkanes) is 1. The van der Waals surface area contributed by atoms with E-state index in [9.17, 15) is 4.79 Å². The molecule has 120 valence electrons. The number of primary amides is 1. The van der Waals surface area contributed by atoms with Crippen molar-refractivity contribution in [3.63, 3.8) is 0 Å². The van der Waals surface area contributed by atoms with E-state index in [0.29, 0.717) is 0 Å². The number of hydrazone groups is 1. The molecule has 2 amide bonds. The Kier molecular flexibility index (Phi) is 6.17. The van der Waals surface area contributed by atoms with Crippen LogP contribution in [0.25, 0.3) is 0 Å². The average Bonchev–Trinajstić information content (AvgIpc) is 2.55. The maximum absolute atomic E-state index is 10.5. The van der Waals surface area contributed by atoms with E-state index < -0.39 is 6.03 Å². The van der Waals surface area contributed by atoms with Crippen LogP contribution >= 0.6 is 0 Å². The maximum Gasteiger partial charge on any atom is 0.332 e. The molecule has 0 aliphatic heterocycles. The zero-order valence-corrected chi connectivity index (χ0v) is 13.2. The molecule has 2 aromatic rings. The van der Waals surface area contributed by atoms with Crippen LogP contribution in [0.4, 0.5) is 4.79 Å². The van der Waals surface area contributed by atoms with Crippen LogP contribution in [0.15, 0.2) is 53.6 Å². The SMILES string of the molecule is CCCCc1ccc(Oc2ccc(C=NNC(N)=O)cc2)cc1. The predicted molar refractivity (Wildman–Crippen MR) is 91.9 cm³/mol. The Morgan fingerprint density at radius 3 is 2.30 bits per heavy atom. The summed E-state index contributed by atoms with van der Waals surface area (Å²) < 4.78 is 5.80. The van der Waals surface area contributed by atoms with Gasteiger partial charge in [-0.2, -0.15) is 5.10 Å². The lowest BCUT2D eigenvalue weighted by Gasteiger charge is -2.07. The average molecular weight is 311 g/mol. The lowest BCUT2D eigenvalue weighted by Crippen LogP contribution is -2.24. The second-order valence-corrected chi connectivity index (χ2v) is 5.15. The van der Waals surface area contributed by atoms with Gasteiger partial charge in [-0.05, 0) is 60.4 Å². The molecule has 0 aliphatic rings. The molecule has 0 unspecified atom stereocenters. The van der Waals surface area contributed by atoms with Gasteiger partial charge in [-0.1, -0.05) is 25.5 Å². The lowest BCUT2D eigenvalue weighted by molar-refractivity contribution is 0.249. The quantitative estimate of drug-likeness (QED) is 0.602. The van der Waals surface area contributed by atoms with Gasteiger partial charge < -0.3 is 10.5 Å². The summed E-state index contributed by atoms with van der Waals surface area (Å²) in [7, 11) is 0. The van der Waals surface area contributed by atoms with Crippen molar-refractivity contribution >= 4 is 12.2 Å². The van der Waals surface area contributed by atoms with Crippen molar-refractivity contribution in [2.24, 2.45) is 10.8 Å². The Bertz CT molecular complexity index is 649. The third kappa shape index (κ3) is 5.82. The van der Waals surface area contributed by atoms with E-state index >= 15 is 0 Å². The standard InChI is InChI=1S/C18H21N3O2/c1-2-3-4-14-5-9-16(10-6-14)23-17-11-7-15(8-12-17)13-20-21-18(19)22/h5-13H,2-4H2,1H3,(H3,19,21,22). The number of aryl methyl sites for hydroxylation is 1. The normalized spacial score (nSPS) is 10.7. The minimum absolute atomic E-state index is 0.691. The molecule has 5 nitrogen and oxygen atoms in total. The molecule has 0 atom stereocenters. The van der Waals surface area contributed by atoms with Crippen molar-refractivity contribution in [3.8, 4) is 11.5 Å². The molecule has 0 spiro atoms. The number of nitrogens with one attached hydrogen (secondary N) is 1. The van der Waals surface area contributed by atoms with Gasteiger partial charge in [0.15, 0.2) is 0 Å². The number of hydrogen-bond acceptors (Lipinski definition) is 3. The van der Waals surface area contributed by atoms with Crippen LogP contribution < -0.4 is 15.9 Å². The Morgan fingerprint density at radius 2 is 1.74 bits per heavy atom. The van der Waals surface area contributed by atoms with Crippen LogP contribution in [0.1, 0.15) is 30.9 Å². The third-order valence-corrected chi connectivity index (χ3v) is 3.25. The summed E-state index contributed by atoms with van der Waals surface area (Å²) in [5, 5.41) is 3.70. The van der Waals surface area contributed by atoms with Crippen LogP contribution in [0.5, 0.6) is 11.5 Å². The Balaban J connectivity index is 1.92. The molecule has 5 heteroatoms. The molecule has 0 radical (unpaired) electrons. The summed E-state index contributed by atoms with van der Waals surface area (Å²) in [5.41, 5.74) is 9.23. The molecule has 0 saturated carbocycles. The first kappa shape index (κ1) is 16.5. The number of ether oxygens (including phenoxy) is 1. The molecule has 2 rings (SSSR count). The number of amides is 2. The van der Waals surface area contributed by atoms with Gasteiger partial charge >= 0.3 is 6.03 Å². The molecule has 2 aromatic carbocycles. The minimum atomic E-state index is -0.691. The monoisotopic (exact) mass is 311 g/mol. The largest absolute Gasteiger partial charge is 0.457 e. The summed E-state index contributed by atoms with van der Waals surface area (Å²) in [6, 6.07) is 14.8. The van der Waals surface area contributed by atoms with E-state index in [0.717, 1.165) is 23.5 Å². The first-order valence-electron chi connectivity index (χ1n) is 7.62. The van der Waals surface area contributed by atoms with Gasteiger partial charge in [-0.3, -0.25) is 0 Å². The molecular weight excluding hydrogens is 290 g/mol. The van der Waals surface area contributed by atoms with Crippen molar-refractivity contribution in [3.05, 3.63) is 59.7 Å². The van der Waals surface area contributed by atoms with E-state index in [1.54, 1.807) is 0 Å². The summed E-state index contributed by atoms with van der Waals surface area (Å²) in [6.45, 7) is 2.19. The fourth-order valence-corrected chi connectivity index (χ4v) is 2.03. The predicted octanol–water partition coefficient (Wildman–Crippen LogP) is 3.82. The molecule has 0 aliphatic carbocycles. The molecule has 0 saturated heterocycles. The van der Waals surface area contributed by atoms with E-state index in [2.05, 4.69) is 29.6 Å². The van der Waals surface area contributed by atoms with Gasteiger partial charge in [0.05, 0.1) is 6.21 Å². The highest BCUT2D eigenvalue weighted by atomic mass is 16.5. The maximum atomic E-state index is 10.5. The second-order valence-electron chi connectivity index (χ2n) is 5.15. The lowest BCUT2D eigenvalue weighted by atomic mass is 10.1. The third-order valence-electron chi connectivity index (χ3n) is 3.25. The number of hydrogen-bond donors (Lipinski definition) is 2. The zero-order valence-electron chi connectivity index (χ0n) is 13.2. The van der Waals surface area contributed by atoms with E-state index in [-0.39, 0.29) is 0 Å². The number of benzene rings is 2. The molecule has 3 N–H and O–H groups in total. The number of carbonyl (C=O) groups is 1. The molecule has 0 fully saturated rings. The number of nitrogens with zero attached hydrogens (tertiary/aromatic N) is 1. The van der Waals surface area contributed by atoms with Crippen molar-refractivity contribution < 1.29 is 9.53 Å². The highest BCUT2D eigenvalue weighted by molar-refractivity contribution is 5.81. The fourth-order valence-electron chi connectivity index (χ4n) is 2.03. The molecule has 0 heterocycles. The van der Waals surface area contributed by atoms with Crippen molar-refractivity contribution in [2.75, 3.05) is 0 Å². The number of urea groups is 1. The first-order chi connectivity index (χ1) is 11.2. The topological polar surface area (TPSA) is 76.7 Å². The highest BCUT2D eigenvalue weighted by Crippen LogP contribution is 2.22. The summed E-state index contributed by atoms with van der Waals surface area (Å²) >= 11 is 0. The minimum Gasteiger partial charge on any atom is -0.457 e. The Labute approximate surface area is 136 Å². The second kappa shape index (κ2) is 8.58. The van der Waals surface area contributed by atoms with Gasteiger partial charge in [0, 0.05) is 0 Å². The van der Waals surface area contributed by atoms with Crippen LogP contribution in [0, 0.1) is 0 Å². The van der Waals surface area contributed by atoms with Gasteiger partial charge in [0.25, 0.3) is 0 Å². The summed E-state index contributed by atoms with van der Waals surface area (Å²) in [5.74, 6) is 1.55. The van der Waals surface area contributed by atoms with Crippen LogP contribution in [-0.4, -0.2) is 12.2 Å². The molecule has 23 heavy (non-hydrogen) atoms. The number of nitrogens with two attached hydrogens (primary N) is 1. The summed E-state index contributed by atoms with van der Waals surface area (Å²) in [4.78, 5) is 10.5. The van der Waals surface area contributed by atoms with E-state index in [4.69, 9.17) is 10.5 Å². The van der Waals surface area contributed by atoms with Gasteiger partial charge in [-0.15, -0.1) is 0 Å². The Hall–Kier alpha value is -2.82. The molecule has 0 bridgehead atoms. The van der Waals surface area contributed by atoms with Crippen LogP contribution in [0.3, 0.4) is 0 Å². The highest BCUT2D eigenvalue weighted by Gasteiger charge is 1.99. The molecule has 0 aromatic heterocycles. The molecular formula is C18H21N3O2. The smallest absolute Gasteiger partial charge is 0.332 e. The van der Waals surface area contributed by atoms with Gasteiger partial charge in [0.2, 0.25) is 0 Å². The van der Waals surface area contributed by atoms with E-state index in [1.165, 1.54) is 24.6 Å². The van der Waals surface area contributed by atoms with Gasteiger partial charge in [0.1, 0.15) is 11.5 Å². The fraction of sp³-hybridized carbons (Fsp3) is 0.222. The van der Waals surface area contributed by atoms with Crippen molar-refractivity contribution in [1.29, 1.82) is 0 Å². The van der Waals surface area contributed by atoms with Gasteiger partial charge in [-0.25, -0.2) is 10.2 Å². The summed E-state index contributed by atoms with van der Waals surface area (Å²) in [6.07, 6.45) is 5.01. The van der Waals surface area contributed by atoms with Crippen molar-refractivity contribution in [2.45, 2.75) is 26.2 Å². The number of carbonyl (C=O) groups excluding carboxylic acids is 1. The Morgan fingerprint density at radius 1 is 1.13 bits per heavy atom. The zero-order chi connectivity index (χ0) is 16.5. The van der Waals surface area contributed by atoms with Crippen molar-refractivity contribution in [1.82, 2.24) is 5.43 Å². The van der Waals surface area contributed by atoms with Crippen LogP contribution in [-0.2, 0) is 6.42 Å². The number of rotatable bonds is 7. The van der Waals surface area contributed by atoms with Crippen LogP contribution in [0.2, 0.25) is 0 Å². The van der Waals surface area contributed by atoms with E-state index in [1.807, 2.05) is 36.4 Å². The first-order valence-corrected chi connectivity index (χ1v) is 7.62.